The molecule has 2 N–H and O–H groups in total. The molecule has 0 aliphatic carbocycles. The van der Waals surface area contributed by atoms with Crippen LogP contribution in [0.2, 0.25) is 0 Å². The molecule has 0 spiro atoms. The molecule has 0 saturated carbocycles. The van der Waals surface area contributed by atoms with Crippen molar-refractivity contribution in [1.82, 2.24) is 14.8 Å². The summed E-state index contributed by atoms with van der Waals surface area (Å²) < 4.78 is 7.19. The molecule has 3 heterocycles. The largest absolute Gasteiger partial charge is 0.495 e. The van der Waals surface area contributed by atoms with Gasteiger partial charge in [-0.3, -0.25) is 14.7 Å². The van der Waals surface area contributed by atoms with Crippen LogP contribution < -0.4 is 10.5 Å². The number of pyridine rings is 1. The molecule has 6 nitrogen and oxygen atoms in total. The molecule has 1 aliphatic heterocycles. The zero-order valence-electron chi connectivity index (χ0n) is 14.2. The van der Waals surface area contributed by atoms with Crippen LogP contribution in [0, 0.1) is 0 Å². The summed E-state index contributed by atoms with van der Waals surface area (Å²) in [4.78, 5) is 9.00. The van der Waals surface area contributed by atoms with Crippen molar-refractivity contribution in [2.75, 3.05) is 7.11 Å². The Hall–Kier alpha value is -3.15. The molecule has 1 atom stereocenters. The summed E-state index contributed by atoms with van der Waals surface area (Å²) in [7, 11) is 1.64. The minimum atomic E-state index is -0.568. The average Bonchev–Trinajstić information content (AvgIpc) is 3.11. The van der Waals surface area contributed by atoms with E-state index in [1.165, 1.54) is 0 Å². The predicted octanol–water partition coefficient (Wildman–Crippen LogP) is 2.59. The van der Waals surface area contributed by atoms with Crippen molar-refractivity contribution in [3.8, 4) is 16.9 Å². The lowest BCUT2D eigenvalue weighted by molar-refractivity contribution is 0.413. The molecule has 1 aliphatic rings. The number of nitrogens with two attached hydrogens (primary N) is 1. The van der Waals surface area contributed by atoms with Crippen LogP contribution >= 0.6 is 0 Å². The lowest BCUT2D eigenvalue weighted by Crippen LogP contribution is -2.36. The second kappa shape index (κ2) is 5.73. The molecule has 0 radical (unpaired) electrons. The van der Waals surface area contributed by atoms with Gasteiger partial charge in [-0.1, -0.05) is 18.2 Å². The van der Waals surface area contributed by atoms with E-state index >= 15 is 0 Å². The first-order valence-corrected chi connectivity index (χ1v) is 8.06. The maximum atomic E-state index is 6.07. The van der Waals surface area contributed by atoms with Crippen molar-refractivity contribution in [2.45, 2.75) is 19.0 Å². The van der Waals surface area contributed by atoms with Crippen molar-refractivity contribution in [2.24, 2.45) is 10.7 Å². The van der Waals surface area contributed by atoms with Crippen LogP contribution in [0.5, 0.6) is 5.75 Å². The van der Waals surface area contributed by atoms with Crippen LogP contribution in [0.3, 0.4) is 0 Å². The van der Waals surface area contributed by atoms with Gasteiger partial charge < -0.3 is 10.5 Å². The summed E-state index contributed by atoms with van der Waals surface area (Å²) in [6, 6.07) is 12.2. The minimum absolute atomic E-state index is 0.525. The Morgan fingerprint density at radius 1 is 1.16 bits per heavy atom. The molecule has 1 aromatic carbocycles. The van der Waals surface area contributed by atoms with Gasteiger partial charge in [-0.05, 0) is 36.2 Å². The Labute approximate surface area is 146 Å². The van der Waals surface area contributed by atoms with Crippen molar-refractivity contribution < 1.29 is 4.74 Å². The molecule has 6 heteroatoms. The number of aliphatic imine (C=N–C) groups is 1. The summed E-state index contributed by atoms with van der Waals surface area (Å²) in [6.07, 6.45) is 5.31. The van der Waals surface area contributed by atoms with Gasteiger partial charge in [0.2, 0.25) is 0 Å². The maximum Gasteiger partial charge on any atom is 0.137 e. The number of aromatic nitrogens is 3. The van der Waals surface area contributed by atoms with E-state index in [0.717, 1.165) is 28.1 Å². The van der Waals surface area contributed by atoms with Gasteiger partial charge in [0.15, 0.2) is 0 Å². The fraction of sp³-hybridized carbons (Fsp3) is 0.211. The Morgan fingerprint density at radius 2 is 2.04 bits per heavy atom. The second-order valence-corrected chi connectivity index (χ2v) is 6.24. The summed E-state index contributed by atoms with van der Waals surface area (Å²) in [5, 5.41) is 4.36. The van der Waals surface area contributed by atoms with Crippen molar-refractivity contribution >= 4 is 5.84 Å². The minimum Gasteiger partial charge on any atom is -0.495 e. The number of rotatable bonds is 3. The van der Waals surface area contributed by atoms with Crippen molar-refractivity contribution in [1.29, 1.82) is 0 Å². The first-order valence-electron chi connectivity index (χ1n) is 8.06. The molecule has 0 fully saturated rings. The number of hydrogen-bond acceptors (Lipinski definition) is 5. The molecular formula is C19H19N5O. The summed E-state index contributed by atoms with van der Waals surface area (Å²) >= 11 is 0. The third kappa shape index (κ3) is 2.55. The Morgan fingerprint density at radius 3 is 2.88 bits per heavy atom. The normalized spacial score (nSPS) is 19.2. The number of nitrogens with zero attached hydrogens (tertiary/aromatic N) is 4. The van der Waals surface area contributed by atoms with E-state index in [9.17, 15) is 0 Å². The van der Waals surface area contributed by atoms with Gasteiger partial charge in [-0.25, -0.2) is 0 Å². The number of fused-ring (bicyclic) bond motifs is 1. The van der Waals surface area contributed by atoms with E-state index in [0.29, 0.717) is 12.4 Å². The fourth-order valence-electron chi connectivity index (χ4n) is 3.31. The van der Waals surface area contributed by atoms with Gasteiger partial charge >= 0.3 is 0 Å². The molecule has 126 valence electrons. The van der Waals surface area contributed by atoms with Gasteiger partial charge in [0.1, 0.15) is 17.1 Å². The number of amidine groups is 1. The van der Waals surface area contributed by atoms with Crippen LogP contribution in [0.15, 0.2) is 60.0 Å². The van der Waals surface area contributed by atoms with Crippen molar-refractivity contribution in [3.05, 3.63) is 66.2 Å². The maximum absolute atomic E-state index is 6.07. The molecule has 3 aromatic rings. The highest BCUT2D eigenvalue weighted by Gasteiger charge is 2.35. The zero-order chi connectivity index (χ0) is 17.4. The lowest BCUT2D eigenvalue weighted by Gasteiger charge is -2.31. The highest BCUT2D eigenvalue weighted by atomic mass is 16.5. The first-order chi connectivity index (χ1) is 12.1. The van der Waals surface area contributed by atoms with E-state index in [1.54, 1.807) is 19.5 Å². The summed E-state index contributed by atoms with van der Waals surface area (Å²) in [5.41, 5.74) is 9.63. The smallest absolute Gasteiger partial charge is 0.137 e. The van der Waals surface area contributed by atoms with Crippen LogP contribution in [0.4, 0.5) is 0 Å². The van der Waals surface area contributed by atoms with E-state index < -0.39 is 5.54 Å². The number of methoxy groups -OCH3 is 1. The monoisotopic (exact) mass is 333 g/mol. The van der Waals surface area contributed by atoms with E-state index in [4.69, 9.17) is 15.5 Å². The second-order valence-electron chi connectivity index (χ2n) is 6.24. The van der Waals surface area contributed by atoms with Crippen LogP contribution in [-0.4, -0.2) is 27.7 Å². The molecule has 0 unspecified atom stereocenters. The summed E-state index contributed by atoms with van der Waals surface area (Å²) in [6.45, 7) is 2.59. The third-order valence-corrected chi connectivity index (χ3v) is 4.60. The quantitative estimate of drug-likeness (QED) is 0.799. The van der Waals surface area contributed by atoms with Crippen LogP contribution in [0.1, 0.15) is 18.2 Å². The van der Waals surface area contributed by atoms with E-state index in [-0.39, 0.29) is 0 Å². The Kier molecular flexibility index (Phi) is 3.53. The molecule has 0 bridgehead atoms. The van der Waals surface area contributed by atoms with Gasteiger partial charge in [0.25, 0.3) is 0 Å². The van der Waals surface area contributed by atoms with Crippen LogP contribution in [0.25, 0.3) is 11.1 Å². The fourth-order valence-corrected chi connectivity index (χ4v) is 3.31. The molecule has 25 heavy (non-hydrogen) atoms. The SMILES string of the molecule is COc1cncc(-c2cccc([C@@]3(C)N=C(N)Cn4nccc43)c2)c1. The van der Waals surface area contributed by atoms with Gasteiger partial charge in [-0.2, -0.15) is 5.10 Å². The number of hydrogen-bond donors (Lipinski definition) is 1. The van der Waals surface area contributed by atoms with Gasteiger partial charge in [0.05, 0.1) is 25.5 Å². The highest BCUT2D eigenvalue weighted by molar-refractivity contribution is 5.82. The predicted molar refractivity (Wildman–Crippen MR) is 96.5 cm³/mol. The topological polar surface area (TPSA) is 78.3 Å². The highest BCUT2D eigenvalue weighted by Crippen LogP contribution is 2.37. The number of benzene rings is 1. The van der Waals surface area contributed by atoms with Gasteiger partial charge in [-0.15, -0.1) is 0 Å². The van der Waals surface area contributed by atoms with Gasteiger partial charge in [0, 0.05) is 18.0 Å². The average molecular weight is 333 g/mol. The third-order valence-electron chi connectivity index (χ3n) is 4.60. The standard InChI is InChI=1S/C19H19N5O/c1-19(17-6-7-22-24(17)12-18(20)23-19)15-5-3-4-13(8-15)14-9-16(25-2)11-21-10-14/h3-11H,12H2,1-2H3,(H2,20,23)/t19-/m1/s1. The Bertz CT molecular complexity index is 962. The lowest BCUT2D eigenvalue weighted by atomic mass is 9.86. The molecule has 2 aromatic heterocycles. The molecule has 4 rings (SSSR count). The van der Waals surface area contributed by atoms with Crippen LogP contribution in [-0.2, 0) is 12.1 Å². The number of ether oxygens (including phenoxy) is 1. The molecule has 0 amide bonds. The zero-order valence-corrected chi connectivity index (χ0v) is 14.2. The Balaban J connectivity index is 1.83. The van der Waals surface area contributed by atoms with E-state index in [1.807, 2.05) is 29.1 Å². The van der Waals surface area contributed by atoms with E-state index in [2.05, 4.69) is 35.2 Å². The summed E-state index contributed by atoms with van der Waals surface area (Å²) in [5.74, 6) is 1.30. The van der Waals surface area contributed by atoms with Crippen molar-refractivity contribution in [3.63, 3.8) is 0 Å². The molecular weight excluding hydrogens is 314 g/mol. The first kappa shape index (κ1) is 15.4. The molecule has 0 saturated heterocycles.